The number of nitrogens with one attached hydrogen (secondary N) is 1. The molecule has 1 N–H and O–H groups in total. The van der Waals surface area contributed by atoms with Crippen molar-refractivity contribution < 1.29 is 18.0 Å². The highest BCUT2D eigenvalue weighted by molar-refractivity contribution is 7.99. The third-order valence-corrected chi connectivity index (χ3v) is 5.07. The first-order valence-corrected chi connectivity index (χ1v) is 10.0. The van der Waals surface area contributed by atoms with E-state index in [4.69, 9.17) is 0 Å². The van der Waals surface area contributed by atoms with Gasteiger partial charge in [0.1, 0.15) is 6.54 Å². The van der Waals surface area contributed by atoms with E-state index in [1.807, 2.05) is 41.1 Å². The molecule has 0 spiro atoms. The van der Waals surface area contributed by atoms with Crippen LogP contribution in [0.3, 0.4) is 0 Å². The molecule has 1 heterocycles. The highest BCUT2D eigenvalue weighted by Gasteiger charge is 2.27. The van der Waals surface area contributed by atoms with Crippen LogP contribution >= 0.6 is 11.8 Å². The van der Waals surface area contributed by atoms with Gasteiger partial charge in [0.15, 0.2) is 11.0 Å². The average molecular weight is 415 g/mol. The summed E-state index contributed by atoms with van der Waals surface area (Å²) in [5.74, 6) is -0.195. The first kappa shape index (κ1) is 22.1. The van der Waals surface area contributed by atoms with Crippen LogP contribution in [-0.4, -0.2) is 52.2 Å². The molecule has 154 valence electrons. The van der Waals surface area contributed by atoms with Crippen molar-refractivity contribution in [2.75, 3.05) is 30.3 Å². The van der Waals surface area contributed by atoms with E-state index in [0.29, 0.717) is 17.5 Å². The molecule has 0 aliphatic heterocycles. The zero-order chi connectivity index (χ0) is 20.7. The standard InChI is InChI=1S/C18H24F3N5OS/c1-4-25(5-2)14-9-7-13(8-10-14)16-23-24-17(26(16)6-3)28-11-15(27)22-12-18(19,20)21/h7-10H,4-6,11-12H2,1-3H3,(H,22,27). The Balaban J connectivity index is 2.08. The van der Waals surface area contributed by atoms with Crippen molar-refractivity contribution in [2.45, 2.75) is 38.6 Å². The Morgan fingerprint density at radius 3 is 2.32 bits per heavy atom. The number of benzene rings is 1. The van der Waals surface area contributed by atoms with E-state index in [-0.39, 0.29) is 5.75 Å². The van der Waals surface area contributed by atoms with Crippen LogP contribution in [-0.2, 0) is 11.3 Å². The minimum Gasteiger partial charge on any atom is -0.372 e. The average Bonchev–Trinajstić information content (AvgIpc) is 3.08. The minimum absolute atomic E-state index is 0.158. The summed E-state index contributed by atoms with van der Waals surface area (Å²) in [5.41, 5.74) is 2.01. The number of rotatable bonds is 9. The van der Waals surface area contributed by atoms with E-state index in [0.717, 1.165) is 36.1 Å². The minimum atomic E-state index is -4.42. The van der Waals surface area contributed by atoms with Crippen molar-refractivity contribution in [1.82, 2.24) is 20.1 Å². The molecular formula is C18H24F3N5OS. The third kappa shape index (κ3) is 5.88. The Labute approximate surface area is 166 Å². The molecule has 0 unspecified atom stereocenters. The summed E-state index contributed by atoms with van der Waals surface area (Å²) in [7, 11) is 0. The van der Waals surface area contributed by atoms with Gasteiger partial charge in [-0.25, -0.2) is 0 Å². The van der Waals surface area contributed by atoms with Gasteiger partial charge >= 0.3 is 6.18 Å². The molecule has 0 fully saturated rings. The molecule has 2 aromatic rings. The molecule has 6 nitrogen and oxygen atoms in total. The van der Waals surface area contributed by atoms with Crippen LogP contribution < -0.4 is 10.2 Å². The molecule has 0 atom stereocenters. The van der Waals surface area contributed by atoms with E-state index < -0.39 is 18.6 Å². The van der Waals surface area contributed by atoms with Gasteiger partial charge in [0.25, 0.3) is 0 Å². The van der Waals surface area contributed by atoms with Gasteiger partial charge in [-0.05, 0) is 45.0 Å². The Bertz CT molecular complexity index is 773. The van der Waals surface area contributed by atoms with Crippen LogP contribution in [0, 0.1) is 0 Å². The van der Waals surface area contributed by atoms with E-state index >= 15 is 0 Å². The van der Waals surface area contributed by atoms with Crippen molar-refractivity contribution in [3.63, 3.8) is 0 Å². The molecule has 10 heteroatoms. The largest absolute Gasteiger partial charge is 0.405 e. The molecule has 1 aromatic carbocycles. The van der Waals surface area contributed by atoms with E-state index in [1.165, 1.54) is 0 Å². The molecule has 0 aliphatic carbocycles. The number of hydrogen-bond donors (Lipinski definition) is 1. The number of carbonyl (C=O) groups excluding carboxylic acids is 1. The van der Waals surface area contributed by atoms with E-state index in [2.05, 4.69) is 28.9 Å². The number of aromatic nitrogens is 3. The number of alkyl halides is 3. The summed E-state index contributed by atoms with van der Waals surface area (Å²) in [5, 5.41) is 10.6. The lowest BCUT2D eigenvalue weighted by molar-refractivity contribution is -0.136. The number of hydrogen-bond acceptors (Lipinski definition) is 5. The summed E-state index contributed by atoms with van der Waals surface area (Å²) < 4.78 is 38.3. The van der Waals surface area contributed by atoms with Gasteiger partial charge in [0, 0.05) is 30.9 Å². The van der Waals surface area contributed by atoms with Gasteiger partial charge in [-0.3, -0.25) is 4.79 Å². The lowest BCUT2D eigenvalue weighted by Gasteiger charge is -2.21. The summed E-state index contributed by atoms with van der Waals surface area (Å²) in [4.78, 5) is 13.8. The highest BCUT2D eigenvalue weighted by Crippen LogP contribution is 2.26. The number of amides is 1. The van der Waals surface area contributed by atoms with Crippen LogP contribution in [0.15, 0.2) is 29.4 Å². The van der Waals surface area contributed by atoms with Crippen LogP contribution in [0.2, 0.25) is 0 Å². The molecule has 28 heavy (non-hydrogen) atoms. The fourth-order valence-corrected chi connectivity index (χ4v) is 3.52. The molecule has 0 bridgehead atoms. The number of anilines is 1. The quantitative estimate of drug-likeness (QED) is 0.635. The lowest BCUT2D eigenvalue weighted by Crippen LogP contribution is -2.34. The van der Waals surface area contributed by atoms with Crippen LogP contribution in [0.25, 0.3) is 11.4 Å². The molecular weight excluding hydrogens is 391 g/mol. The predicted molar refractivity (Wildman–Crippen MR) is 104 cm³/mol. The second-order valence-corrected chi connectivity index (χ2v) is 6.89. The number of thioether (sulfide) groups is 1. The first-order valence-electron chi connectivity index (χ1n) is 9.03. The third-order valence-electron chi connectivity index (χ3n) is 4.11. The van der Waals surface area contributed by atoms with Crippen LogP contribution in [0.4, 0.5) is 18.9 Å². The highest BCUT2D eigenvalue weighted by atomic mass is 32.2. The van der Waals surface area contributed by atoms with E-state index in [1.54, 1.807) is 0 Å². The molecule has 0 saturated heterocycles. The second kappa shape index (κ2) is 9.81. The van der Waals surface area contributed by atoms with E-state index in [9.17, 15) is 18.0 Å². The van der Waals surface area contributed by atoms with Crippen molar-refractivity contribution >= 4 is 23.4 Å². The molecule has 0 radical (unpaired) electrons. The smallest absolute Gasteiger partial charge is 0.372 e. The van der Waals surface area contributed by atoms with Gasteiger partial charge in [-0.2, -0.15) is 13.2 Å². The van der Waals surface area contributed by atoms with Gasteiger partial charge in [0.2, 0.25) is 5.91 Å². The zero-order valence-electron chi connectivity index (χ0n) is 16.1. The Hall–Kier alpha value is -2.23. The topological polar surface area (TPSA) is 63.1 Å². The molecule has 1 amide bonds. The zero-order valence-corrected chi connectivity index (χ0v) is 16.9. The van der Waals surface area contributed by atoms with Crippen molar-refractivity contribution in [1.29, 1.82) is 0 Å². The Kier molecular flexibility index (Phi) is 7.73. The van der Waals surface area contributed by atoms with Crippen molar-refractivity contribution in [3.8, 4) is 11.4 Å². The SMILES string of the molecule is CCN(CC)c1ccc(-c2nnc(SCC(=O)NCC(F)(F)F)n2CC)cc1. The summed E-state index contributed by atoms with van der Waals surface area (Å²) in [6.45, 7) is 7.18. The monoisotopic (exact) mass is 415 g/mol. The Morgan fingerprint density at radius 2 is 1.79 bits per heavy atom. The normalized spacial score (nSPS) is 11.5. The van der Waals surface area contributed by atoms with Crippen molar-refractivity contribution in [2.24, 2.45) is 0 Å². The molecule has 2 rings (SSSR count). The first-order chi connectivity index (χ1) is 13.3. The van der Waals surface area contributed by atoms with Gasteiger partial charge < -0.3 is 14.8 Å². The van der Waals surface area contributed by atoms with Crippen LogP contribution in [0.1, 0.15) is 20.8 Å². The van der Waals surface area contributed by atoms with Gasteiger partial charge in [-0.1, -0.05) is 11.8 Å². The second-order valence-electron chi connectivity index (χ2n) is 5.95. The summed E-state index contributed by atoms with van der Waals surface area (Å²) >= 11 is 1.06. The van der Waals surface area contributed by atoms with Gasteiger partial charge in [0.05, 0.1) is 5.75 Å². The molecule has 1 aromatic heterocycles. The molecule has 0 aliphatic rings. The fraction of sp³-hybridized carbons (Fsp3) is 0.500. The summed E-state index contributed by atoms with van der Waals surface area (Å²) in [6.07, 6.45) is -4.42. The maximum absolute atomic E-state index is 12.2. The Morgan fingerprint density at radius 1 is 1.14 bits per heavy atom. The summed E-state index contributed by atoms with van der Waals surface area (Å²) in [6, 6.07) is 7.98. The van der Waals surface area contributed by atoms with Crippen LogP contribution in [0.5, 0.6) is 0 Å². The maximum atomic E-state index is 12.2. The lowest BCUT2D eigenvalue weighted by atomic mass is 10.2. The maximum Gasteiger partial charge on any atom is 0.405 e. The van der Waals surface area contributed by atoms with Crippen molar-refractivity contribution in [3.05, 3.63) is 24.3 Å². The fourth-order valence-electron chi connectivity index (χ4n) is 2.68. The predicted octanol–water partition coefficient (Wildman–Crippen LogP) is 3.58. The number of carbonyl (C=O) groups is 1. The molecule has 0 saturated carbocycles. The number of halogens is 3. The van der Waals surface area contributed by atoms with Gasteiger partial charge in [-0.15, -0.1) is 10.2 Å². The number of nitrogens with zero attached hydrogens (tertiary/aromatic N) is 4.